The van der Waals surface area contributed by atoms with E-state index in [2.05, 4.69) is 33.8 Å². The second-order valence-corrected chi connectivity index (χ2v) is 7.01. The summed E-state index contributed by atoms with van der Waals surface area (Å²) in [4.78, 5) is 14.9. The Morgan fingerprint density at radius 1 is 1.29 bits per heavy atom. The van der Waals surface area contributed by atoms with Crippen LogP contribution in [0.1, 0.15) is 62.9 Å². The summed E-state index contributed by atoms with van der Waals surface area (Å²) in [6.45, 7) is 9.46. The molecular formula is C18H27NO2. The van der Waals surface area contributed by atoms with E-state index in [9.17, 15) is 4.79 Å². The topological polar surface area (TPSA) is 29.5 Å². The summed E-state index contributed by atoms with van der Waals surface area (Å²) >= 11 is 0. The number of carbonyl (C=O) groups is 1. The number of hydrogen-bond acceptors (Lipinski definition) is 2. The van der Waals surface area contributed by atoms with Crippen molar-refractivity contribution in [3.8, 4) is 5.75 Å². The molecular weight excluding hydrogens is 262 g/mol. The minimum atomic E-state index is 0.0226. The number of nitrogens with zero attached hydrogens (tertiary/aromatic N) is 1. The third-order valence-corrected chi connectivity index (χ3v) is 4.36. The second kappa shape index (κ2) is 6.08. The van der Waals surface area contributed by atoms with Gasteiger partial charge in [-0.2, -0.15) is 0 Å². The van der Waals surface area contributed by atoms with Crippen LogP contribution in [0.3, 0.4) is 0 Å². The van der Waals surface area contributed by atoms with Gasteiger partial charge in [-0.15, -0.1) is 0 Å². The van der Waals surface area contributed by atoms with Gasteiger partial charge in [0.25, 0.3) is 5.91 Å². The van der Waals surface area contributed by atoms with Crippen molar-refractivity contribution in [3.05, 3.63) is 29.3 Å². The number of piperidine rings is 1. The lowest BCUT2D eigenvalue weighted by atomic mass is 9.85. The number of likely N-dealkylation sites (tertiary alicyclic amines) is 1. The number of ether oxygens (including phenoxy) is 1. The van der Waals surface area contributed by atoms with Crippen LogP contribution in [-0.2, 0) is 5.41 Å². The van der Waals surface area contributed by atoms with Crippen molar-refractivity contribution < 1.29 is 9.53 Å². The Morgan fingerprint density at radius 3 is 2.57 bits per heavy atom. The van der Waals surface area contributed by atoms with E-state index in [1.54, 1.807) is 7.11 Å². The van der Waals surface area contributed by atoms with Gasteiger partial charge in [0.15, 0.2) is 0 Å². The zero-order valence-electron chi connectivity index (χ0n) is 13.9. The largest absolute Gasteiger partial charge is 0.496 e. The lowest BCUT2D eigenvalue weighted by molar-refractivity contribution is 0.0632. The van der Waals surface area contributed by atoms with Gasteiger partial charge < -0.3 is 9.64 Å². The smallest absolute Gasteiger partial charge is 0.257 e. The molecule has 0 bridgehead atoms. The van der Waals surface area contributed by atoms with E-state index >= 15 is 0 Å². The molecule has 3 heteroatoms. The Bertz CT molecular complexity index is 516. The molecule has 21 heavy (non-hydrogen) atoms. The van der Waals surface area contributed by atoms with Gasteiger partial charge in [-0.25, -0.2) is 0 Å². The highest BCUT2D eigenvalue weighted by Gasteiger charge is 2.27. The summed E-state index contributed by atoms with van der Waals surface area (Å²) in [5.41, 5.74) is 1.88. The molecule has 1 aromatic rings. The lowest BCUT2D eigenvalue weighted by Crippen LogP contribution is -2.42. The molecule has 0 saturated carbocycles. The van der Waals surface area contributed by atoms with Gasteiger partial charge in [-0.3, -0.25) is 4.79 Å². The summed E-state index contributed by atoms with van der Waals surface area (Å²) in [5, 5.41) is 0. The molecule has 0 aromatic heterocycles. The molecule has 1 unspecified atom stereocenters. The summed E-state index contributed by atoms with van der Waals surface area (Å²) in [6, 6.07) is 6.29. The Morgan fingerprint density at radius 2 is 2.00 bits per heavy atom. The second-order valence-electron chi connectivity index (χ2n) is 7.01. The van der Waals surface area contributed by atoms with Crippen molar-refractivity contribution in [2.75, 3.05) is 13.7 Å². The number of hydrogen-bond donors (Lipinski definition) is 0. The van der Waals surface area contributed by atoms with Gasteiger partial charge in [-0.05, 0) is 49.3 Å². The Kier molecular flexibility index (Phi) is 4.60. The van der Waals surface area contributed by atoms with Crippen LogP contribution in [-0.4, -0.2) is 30.5 Å². The third kappa shape index (κ3) is 3.39. The van der Waals surface area contributed by atoms with Gasteiger partial charge in [0.2, 0.25) is 0 Å². The Balaban J connectivity index is 2.38. The quantitative estimate of drug-likeness (QED) is 0.823. The molecule has 1 atom stereocenters. The number of carbonyl (C=O) groups excluding carboxylic acids is 1. The summed E-state index contributed by atoms with van der Waals surface area (Å²) in [5.74, 6) is 0.774. The van der Waals surface area contributed by atoms with Crippen LogP contribution in [0.5, 0.6) is 5.75 Å². The van der Waals surface area contributed by atoms with Crippen molar-refractivity contribution in [1.82, 2.24) is 4.90 Å². The lowest BCUT2D eigenvalue weighted by Gasteiger charge is -2.34. The molecule has 0 radical (unpaired) electrons. The fraction of sp³-hybridized carbons (Fsp3) is 0.611. The molecule has 3 nitrogen and oxygen atoms in total. The van der Waals surface area contributed by atoms with Gasteiger partial charge in [0, 0.05) is 12.6 Å². The molecule has 116 valence electrons. The minimum absolute atomic E-state index is 0.0226. The molecule has 1 fully saturated rings. The molecule has 1 aliphatic rings. The van der Waals surface area contributed by atoms with E-state index in [0.29, 0.717) is 17.4 Å². The molecule has 0 N–H and O–H groups in total. The third-order valence-electron chi connectivity index (χ3n) is 4.36. The van der Waals surface area contributed by atoms with Crippen LogP contribution in [0.25, 0.3) is 0 Å². The minimum Gasteiger partial charge on any atom is -0.496 e. The summed E-state index contributed by atoms with van der Waals surface area (Å²) in [6.07, 6.45) is 3.40. The van der Waals surface area contributed by atoms with Gasteiger partial charge in [-0.1, -0.05) is 26.8 Å². The predicted molar refractivity (Wildman–Crippen MR) is 86.0 cm³/mol. The van der Waals surface area contributed by atoms with E-state index in [1.807, 2.05) is 17.0 Å². The first kappa shape index (κ1) is 15.9. The zero-order valence-corrected chi connectivity index (χ0v) is 13.9. The average Bonchev–Trinajstić information content (AvgIpc) is 2.45. The van der Waals surface area contributed by atoms with Crippen molar-refractivity contribution >= 4 is 5.91 Å². The van der Waals surface area contributed by atoms with Gasteiger partial charge in [0.1, 0.15) is 5.75 Å². The van der Waals surface area contributed by atoms with Gasteiger partial charge in [0.05, 0.1) is 12.7 Å². The number of methoxy groups -OCH3 is 1. The normalized spacial score (nSPS) is 19.5. The molecule has 1 aromatic carbocycles. The molecule has 1 aliphatic heterocycles. The van der Waals surface area contributed by atoms with Crippen LogP contribution < -0.4 is 4.74 Å². The molecule has 2 rings (SSSR count). The fourth-order valence-corrected chi connectivity index (χ4v) is 2.90. The van der Waals surface area contributed by atoms with Crippen LogP contribution in [0.15, 0.2) is 18.2 Å². The highest BCUT2D eigenvalue weighted by Crippen LogP contribution is 2.30. The maximum atomic E-state index is 12.9. The van der Waals surface area contributed by atoms with E-state index in [0.717, 1.165) is 24.9 Å². The van der Waals surface area contributed by atoms with E-state index in [4.69, 9.17) is 4.74 Å². The maximum absolute atomic E-state index is 12.9. The Labute approximate surface area is 128 Å². The fourth-order valence-electron chi connectivity index (χ4n) is 2.90. The average molecular weight is 289 g/mol. The molecule has 1 saturated heterocycles. The van der Waals surface area contributed by atoms with Crippen LogP contribution in [0.2, 0.25) is 0 Å². The van der Waals surface area contributed by atoms with Crippen molar-refractivity contribution in [3.63, 3.8) is 0 Å². The van der Waals surface area contributed by atoms with Gasteiger partial charge >= 0.3 is 0 Å². The predicted octanol–water partition coefficient (Wildman–Crippen LogP) is 4.01. The SMILES string of the molecule is COc1ccc(C(C)(C)C)cc1C(=O)N1CCCCC1C. The summed E-state index contributed by atoms with van der Waals surface area (Å²) in [7, 11) is 1.63. The number of rotatable bonds is 2. The maximum Gasteiger partial charge on any atom is 0.257 e. The number of amides is 1. The van der Waals surface area contributed by atoms with Crippen LogP contribution in [0.4, 0.5) is 0 Å². The van der Waals surface area contributed by atoms with E-state index in [1.165, 1.54) is 6.42 Å². The molecule has 0 aliphatic carbocycles. The monoisotopic (exact) mass is 289 g/mol. The molecule has 1 amide bonds. The molecule has 1 heterocycles. The summed E-state index contributed by atoms with van der Waals surface area (Å²) < 4.78 is 5.41. The first-order valence-corrected chi connectivity index (χ1v) is 7.84. The van der Waals surface area contributed by atoms with Crippen LogP contribution in [0, 0.1) is 0 Å². The van der Waals surface area contributed by atoms with Crippen LogP contribution >= 0.6 is 0 Å². The van der Waals surface area contributed by atoms with E-state index < -0.39 is 0 Å². The highest BCUT2D eigenvalue weighted by atomic mass is 16.5. The zero-order chi connectivity index (χ0) is 15.6. The highest BCUT2D eigenvalue weighted by molar-refractivity contribution is 5.97. The molecule has 0 spiro atoms. The Hall–Kier alpha value is -1.51. The first-order chi connectivity index (χ1) is 9.84. The standard InChI is InChI=1S/C18H27NO2/c1-13-8-6-7-11-19(13)17(20)15-12-14(18(2,3)4)9-10-16(15)21-5/h9-10,12-13H,6-8,11H2,1-5H3. The first-order valence-electron chi connectivity index (χ1n) is 7.84. The van der Waals surface area contributed by atoms with Crippen molar-refractivity contribution in [1.29, 1.82) is 0 Å². The van der Waals surface area contributed by atoms with Crippen molar-refractivity contribution in [2.45, 2.75) is 58.4 Å². The number of benzene rings is 1. The van der Waals surface area contributed by atoms with E-state index in [-0.39, 0.29) is 11.3 Å². The van der Waals surface area contributed by atoms with Crippen molar-refractivity contribution in [2.24, 2.45) is 0 Å².